The first-order valence-electron chi connectivity index (χ1n) is 5.90. The van der Waals surface area contributed by atoms with E-state index in [1.54, 1.807) is 5.57 Å². The van der Waals surface area contributed by atoms with Crippen molar-refractivity contribution in [2.24, 2.45) is 5.41 Å². The summed E-state index contributed by atoms with van der Waals surface area (Å²) in [5.41, 5.74) is 2.04. The first-order chi connectivity index (χ1) is 6.37. The summed E-state index contributed by atoms with van der Waals surface area (Å²) in [6.45, 7) is 13.2. The largest absolute Gasteiger partial charge is 0.323 e. The Balaban J connectivity index is 2.63. The maximum Gasteiger partial charge on any atom is 0.0974 e. The van der Waals surface area contributed by atoms with Gasteiger partial charge in [0.15, 0.2) is 0 Å². The summed E-state index contributed by atoms with van der Waals surface area (Å²) < 4.78 is 1.25. The van der Waals surface area contributed by atoms with Crippen molar-refractivity contribution in [3.05, 3.63) is 11.6 Å². The van der Waals surface area contributed by atoms with E-state index in [0.29, 0.717) is 5.41 Å². The van der Waals surface area contributed by atoms with Crippen LogP contribution in [0.5, 0.6) is 0 Å². The molecule has 0 aliphatic carbocycles. The molecule has 0 radical (unpaired) electrons. The third-order valence-corrected chi connectivity index (χ3v) is 3.43. The van der Waals surface area contributed by atoms with Gasteiger partial charge in [-0.3, -0.25) is 0 Å². The summed E-state index contributed by atoms with van der Waals surface area (Å²) in [6.07, 6.45) is 5.08. The fourth-order valence-corrected chi connectivity index (χ4v) is 2.34. The lowest BCUT2D eigenvalue weighted by molar-refractivity contribution is -0.905. The van der Waals surface area contributed by atoms with Crippen LogP contribution >= 0.6 is 0 Å². The summed E-state index contributed by atoms with van der Waals surface area (Å²) in [4.78, 5) is 0. The quantitative estimate of drug-likeness (QED) is 0.470. The van der Waals surface area contributed by atoms with Crippen LogP contribution in [0.15, 0.2) is 11.6 Å². The van der Waals surface area contributed by atoms with Crippen LogP contribution < -0.4 is 0 Å². The van der Waals surface area contributed by atoms with E-state index in [-0.39, 0.29) is 0 Å². The molecular weight excluding hydrogens is 170 g/mol. The van der Waals surface area contributed by atoms with Gasteiger partial charge in [0.1, 0.15) is 0 Å². The number of nitrogens with zero attached hydrogens (tertiary/aromatic N) is 1. The van der Waals surface area contributed by atoms with Crippen molar-refractivity contribution in [2.75, 3.05) is 26.7 Å². The van der Waals surface area contributed by atoms with Gasteiger partial charge in [0.2, 0.25) is 0 Å². The average Bonchev–Trinajstić information content (AvgIpc) is 2.03. The first-order valence-corrected chi connectivity index (χ1v) is 5.90. The smallest absolute Gasteiger partial charge is 0.0974 e. The zero-order chi connectivity index (χ0) is 10.8. The SMILES string of the molecule is CCC[N+]1(C)CC=C(C(C)(C)C)CC1. The molecule has 0 spiro atoms. The van der Waals surface area contributed by atoms with Crippen molar-refractivity contribution in [1.82, 2.24) is 0 Å². The number of rotatable bonds is 2. The summed E-state index contributed by atoms with van der Waals surface area (Å²) in [5, 5.41) is 0. The molecule has 0 bridgehead atoms. The fourth-order valence-electron chi connectivity index (χ4n) is 2.34. The van der Waals surface area contributed by atoms with Crippen LogP contribution in [0.1, 0.15) is 40.5 Å². The van der Waals surface area contributed by atoms with E-state index in [1.807, 2.05) is 0 Å². The normalized spacial score (nSPS) is 28.8. The van der Waals surface area contributed by atoms with Gasteiger partial charge in [0.05, 0.1) is 26.7 Å². The molecule has 0 amide bonds. The van der Waals surface area contributed by atoms with E-state index in [4.69, 9.17) is 0 Å². The molecule has 82 valence electrons. The van der Waals surface area contributed by atoms with Crippen molar-refractivity contribution < 1.29 is 4.48 Å². The second-order valence-corrected chi connectivity index (χ2v) is 5.98. The highest BCUT2D eigenvalue weighted by Gasteiger charge is 2.28. The molecule has 1 heterocycles. The van der Waals surface area contributed by atoms with E-state index in [1.165, 1.54) is 37.0 Å². The monoisotopic (exact) mass is 196 g/mol. The molecule has 1 rings (SSSR count). The highest BCUT2D eigenvalue weighted by molar-refractivity contribution is 5.12. The van der Waals surface area contributed by atoms with Crippen molar-refractivity contribution >= 4 is 0 Å². The Kier molecular flexibility index (Phi) is 3.41. The molecule has 14 heavy (non-hydrogen) atoms. The molecule has 0 fully saturated rings. The van der Waals surface area contributed by atoms with Gasteiger partial charge in [-0.2, -0.15) is 0 Å². The molecule has 0 aromatic rings. The van der Waals surface area contributed by atoms with Crippen LogP contribution in [-0.4, -0.2) is 31.2 Å². The maximum absolute atomic E-state index is 2.49. The highest BCUT2D eigenvalue weighted by atomic mass is 15.3. The van der Waals surface area contributed by atoms with Crippen molar-refractivity contribution in [3.8, 4) is 0 Å². The molecule has 0 aromatic carbocycles. The minimum atomic E-state index is 0.386. The maximum atomic E-state index is 2.49. The third kappa shape index (κ3) is 2.84. The predicted molar refractivity (Wildman–Crippen MR) is 63.2 cm³/mol. The summed E-state index contributed by atoms with van der Waals surface area (Å²) in [5.74, 6) is 0. The Hall–Kier alpha value is -0.300. The molecule has 1 aliphatic rings. The Bertz CT molecular complexity index is 222. The molecule has 1 atom stereocenters. The summed E-state index contributed by atoms with van der Waals surface area (Å²) >= 11 is 0. The van der Waals surface area contributed by atoms with Gasteiger partial charge >= 0.3 is 0 Å². The molecule has 0 saturated carbocycles. The van der Waals surface area contributed by atoms with Crippen LogP contribution in [0.3, 0.4) is 0 Å². The van der Waals surface area contributed by atoms with Crippen LogP contribution in [0.25, 0.3) is 0 Å². The van der Waals surface area contributed by atoms with Gasteiger partial charge < -0.3 is 4.48 Å². The number of likely N-dealkylation sites (N-methyl/N-ethyl adjacent to an activating group) is 1. The van der Waals surface area contributed by atoms with Crippen molar-refractivity contribution in [2.45, 2.75) is 40.5 Å². The lowest BCUT2D eigenvalue weighted by Gasteiger charge is -2.39. The van der Waals surface area contributed by atoms with E-state index >= 15 is 0 Å². The van der Waals surface area contributed by atoms with Gasteiger partial charge in [0.25, 0.3) is 0 Å². The fraction of sp³-hybridized carbons (Fsp3) is 0.846. The number of hydrogen-bond donors (Lipinski definition) is 0. The summed E-state index contributed by atoms with van der Waals surface area (Å²) in [6, 6.07) is 0. The van der Waals surface area contributed by atoms with Crippen LogP contribution in [0, 0.1) is 5.41 Å². The molecule has 0 aromatic heterocycles. The highest BCUT2D eigenvalue weighted by Crippen LogP contribution is 2.31. The molecule has 0 N–H and O–H groups in total. The lowest BCUT2D eigenvalue weighted by atomic mass is 9.82. The summed E-state index contributed by atoms with van der Waals surface area (Å²) in [7, 11) is 2.39. The van der Waals surface area contributed by atoms with Crippen LogP contribution in [-0.2, 0) is 0 Å². The Labute approximate surface area is 89.4 Å². The lowest BCUT2D eigenvalue weighted by Crippen LogP contribution is -2.48. The van der Waals surface area contributed by atoms with E-state index in [9.17, 15) is 0 Å². The van der Waals surface area contributed by atoms with Crippen molar-refractivity contribution in [3.63, 3.8) is 0 Å². The average molecular weight is 196 g/mol. The molecule has 0 saturated heterocycles. The molecule has 1 heteroatoms. The zero-order valence-corrected chi connectivity index (χ0v) is 10.6. The van der Waals surface area contributed by atoms with Crippen molar-refractivity contribution in [1.29, 1.82) is 0 Å². The van der Waals surface area contributed by atoms with Gasteiger partial charge in [-0.05, 0) is 17.9 Å². The van der Waals surface area contributed by atoms with Crippen LogP contribution in [0.2, 0.25) is 0 Å². The standard InChI is InChI=1S/C13H26N/c1-6-9-14(5)10-7-12(8-11-14)13(2,3)4/h7H,6,8-11H2,1-5H3/q+1. The molecule has 1 nitrogen and oxygen atoms in total. The Morgan fingerprint density at radius 3 is 2.36 bits per heavy atom. The van der Waals surface area contributed by atoms with Gasteiger partial charge in [-0.1, -0.05) is 33.3 Å². The van der Waals surface area contributed by atoms with Crippen LogP contribution in [0.4, 0.5) is 0 Å². The minimum absolute atomic E-state index is 0.386. The zero-order valence-electron chi connectivity index (χ0n) is 10.6. The number of hydrogen-bond acceptors (Lipinski definition) is 0. The van der Waals surface area contributed by atoms with Gasteiger partial charge in [-0.15, -0.1) is 0 Å². The third-order valence-electron chi connectivity index (χ3n) is 3.43. The van der Waals surface area contributed by atoms with E-state index in [0.717, 1.165) is 0 Å². The topological polar surface area (TPSA) is 0 Å². The van der Waals surface area contributed by atoms with Gasteiger partial charge in [-0.25, -0.2) is 0 Å². The Morgan fingerprint density at radius 2 is 2.00 bits per heavy atom. The second kappa shape index (κ2) is 4.06. The van der Waals surface area contributed by atoms with E-state index < -0.39 is 0 Å². The predicted octanol–water partition coefficient (Wildman–Crippen LogP) is 3.22. The van der Waals surface area contributed by atoms with Gasteiger partial charge in [0, 0.05) is 6.42 Å². The molecule has 1 aliphatic heterocycles. The first kappa shape index (κ1) is 11.8. The van der Waals surface area contributed by atoms with E-state index in [2.05, 4.69) is 40.8 Å². The Morgan fingerprint density at radius 1 is 1.36 bits per heavy atom. The minimum Gasteiger partial charge on any atom is -0.323 e. The molecule has 1 unspecified atom stereocenters. The molecular formula is C13H26N+. The number of quaternary nitrogens is 1. The second-order valence-electron chi connectivity index (χ2n) is 5.98.